The number of aliphatic hydroxyl groups is 3. The quantitative estimate of drug-likeness (QED) is 0.0893. The van der Waals surface area contributed by atoms with Crippen molar-refractivity contribution in [3.63, 3.8) is 0 Å². The van der Waals surface area contributed by atoms with Gasteiger partial charge in [0.05, 0.1) is 72.1 Å². The number of aromatic amines is 1. The molecule has 4 aliphatic heterocycles. The van der Waals surface area contributed by atoms with Crippen LogP contribution in [-0.4, -0.2) is 169 Å². The summed E-state index contributed by atoms with van der Waals surface area (Å²) in [7, 11) is -2.30. The number of aliphatic hydroxyl groups excluding tert-OH is 3. The molecule has 1 saturated heterocycles. The number of nitrogens with one attached hydrogen (secondary N) is 7. The number of rotatable bonds is 14. The topological polar surface area (TPSA) is 375 Å². The lowest BCUT2D eigenvalue weighted by atomic mass is 9.82. The van der Waals surface area contributed by atoms with Crippen molar-refractivity contribution in [2.24, 2.45) is 29.4 Å². The van der Waals surface area contributed by atoms with E-state index in [1.54, 1.807) is 19.9 Å². The molecule has 75 heavy (non-hydrogen) atoms. The second-order valence-electron chi connectivity index (χ2n) is 20.3. The molecule has 0 radical (unpaired) electrons. The van der Waals surface area contributed by atoms with Crippen molar-refractivity contribution in [3.8, 4) is 5.75 Å². The van der Waals surface area contributed by atoms with Crippen LogP contribution in [0.15, 0.2) is 23.2 Å². The van der Waals surface area contributed by atoms with Gasteiger partial charge in [-0.05, 0) is 49.3 Å². The number of hydrogen-bond acceptors (Lipinski definition) is 16. The van der Waals surface area contributed by atoms with E-state index in [9.17, 15) is 57.9 Å². The number of carbonyl (C=O) groups is 10. The summed E-state index contributed by atoms with van der Waals surface area (Å²) in [4.78, 5) is 146. The van der Waals surface area contributed by atoms with Crippen molar-refractivity contribution in [3.05, 3.63) is 23.8 Å². The Hall–Kier alpha value is -6.15. The third-order valence-corrected chi connectivity index (χ3v) is 16.2. The monoisotopic (exact) mass is 1070 g/mol. The number of hydrogen-bond donors (Lipinski definition) is 11. The molecule has 0 spiro atoms. The fraction of sp³-hybridized carbons (Fsp3) is 0.640. The molecule has 2 aromatic rings. The number of benzene rings is 1. The van der Waals surface area contributed by atoms with Crippen molar-refractivity contribution in [1.29, 1.82) is 0 Å². The van der Waals surface area contributed by atoms with Crippen LogP contribution in [0.4, 0.5) is 0 Å². The fourth-order valence-electron chi connectivity index (χ4n) is 10.4. The number of primary amides is 1. The van der Waals surface area contributed by atoms with E-state index < -0.39 is 181 Å². The molecule has 24 nitrogen and oxygen atoms in total. The Bertz CT molecular complexity index is 2560. The Morgan fingerprint density at radius 3 is 2.28 bits per heavy atom. The second-order valence-corrected chi connectivity index (χ2v) is 21.7. The van der Waals surface area contributed by atoms with Crippen LogP contribution in [0.5, 0.6) is 5.75 Å². The molecule has 7 amide bonds. The maximum absolute atomic E-state index is 16.0. The average Bonchev–Trinajstić information content (AvgIpc) is 3.94. The van der Waals surface area contributed by atoms with Crippen LogP contribution in [-0.2, 0) is 65.2 Å². The van der Waals surface area contributed by atoms with Gasteiger partial charge in [0.1, 0.15) is 16.8 Å². The van der Waals surface area contributed by atoms with Crippen LogP contribution >= 0.6 is 0 Å². The van der Waals surface area contributed by atoms with E-state index in [1.165, 1.54) is 30.9 Å². The van der Waals surface area contributed by atoms with Crippen LogP contribution in [0, 0.1) is 23.7 Å². The number of fused-ring (bicyclic) bond motifs is 7. The van der Waals surface area contributed by atoms with Gasteiger partial charge in [0.15, 0.2) is 17.3 Å². The average molecular weight is 1070 g/mol. The van der Waals surface area contributed by atoms with E-state index >= 15 is 9.59 Å². The van der Waals surface area contributed by atoms with Crippen molar-refractivity contribution >= 4 is 80.4 Å². The number of aromatic nitrogens is 1. The standard InChI is InChI=1S/C50H71N9O15S/c1-5-25(2)43-48(72)54-20-41(67)55-35-24-75(73)49-33-14-29(46(70)53-21-42(68)57-43)16-38(64)44(26(3)39(65)23-60)58-47(71)36-18-30(62)22-59(36)50(12-8-6-7-9-13-52-27(4)61,45(69)28(15-37(35)63)17-40(51)66)74-31-10-11-32(33)34(19-31)56-49/h10-11,19,25-26,28-30,35-36,39,43-44,56,60,62,65H,5-9,12-18,20-24H2,1-4H3,(H2,51,66)(H,52,61)(H,53,70)(H,54,72)(H,55,67)(H,57,68)(H,58,71)/t25-,26-,28-,29?,30?,35?,36-,39-,43-,44-,50?,75+/m0/s1. The number of amides is 7. The first kappa shape index (κ1) is 58.1. The van der Waals surface area contributed by atoms with E-state index in [0.717, 1.165) is 0 Å². The maximum Gasteiger partial charge on any atom is 0.243 e. The maximum atomic E-state index is 16.0. The molecule has 5 heterocycles. The Kier molecular flexibility index (Phi) is 19.8. The van der Waals surface area contributed by atoms with Gasteiger partial charge in [0.25, 0.3) is 0 Å². The minimum absolute atomic E-state index is 0.00180. The molecule has 1 fully saturated rings. The molecule has 12 atom stereocenters. The molecular weight excluding hydrogens is 999 g/mol. The van der Waals surface area contributed by atoms with Gasteiger partial charge in [-0.2, -0.15) is 0 Å². The first-order valence-corrected chi connectivity index (χ1v) is 26.9. The lowest BCUT2D eigenvalue weighted by molar-refractivity contribution is -0.168. The highest BCUT2D eigenvalue weighted by atomic mass is 32.2. The van der Waals surface area contributed by atoms with Gasteiger partial charge in [0.2, 0.25) is 47.1 Å². The number of nitrogens with zero attached hydrogens (tertiary/aromatic N) is 1. The van der Waals surface area contributed by atoms with Crippen LogP contribution < -0.4 is 42.4 Å². The molecule has 8 bridgehead atoms. The Labute approximate surface area is 436 Å². The Morgan fingerprint density at radius 2 is 1.60 bits per heavy atom. The molecule has 0 aliphatic carbocycles. The first-order valence-electron chi connectivity index (χ1n) is 25.6. The predicted octanol–water partition coefficient (Wildman–Crippen LogP) is -2.23. The third kappa shape index (κ3) is 14.0. The molecule has 12 N–H and O–H groups in total. The number of ketones is 3. The normalized spacial score (nSPS) is 28.9. The summed E-state index contributed by atoms with van der Waals surface area (Å²) in [6.07, 6.45) is -4.07. The van der Waals surface area contributed by atoms with E-state index in [1.807, 2.05) is 0 Å². The van der Waals surface area contributed by atoms with E-state index in [-0.39, 0.29) is 53.4 Å². The van der Waals surface area contributed by atoms with E-state index in [2.05, 4.69) is 36.9 Å². The zero-order valence-corrected chi connectivity index (χ0v) is 43.5. The Balaban J connectivity index is 1.64. The highest BCUT2D eigenvalue weighted by Gasteiger charge is 2.56. The molecule has 4 unspecified atom stereocenters. The van der Waals surface area contributed by atoms with Crippen LogP contribution in [0.1, 0.15) is 97.5 Å². The number of ether oxygens (including phenoxy) is 1. The third-order valence-electron chi connectivity index (χ3n) is 14.8. The van der Waals surface area contributed by atoms with Gasteiger partial charge in [-0.15, -0.1) is 0 Å². The smallest absolute Gasteiger partial charge is 0.243 e. The van der Waals surface area contributed by atoms with Gasteiger partial charge in [-0.3, -0.25) is 52.2 Å². The van der Waals surface area contributed by atoms with Gasteiger partial charge < -0.3 is 62.7 Å². The first-order chi connectivity index (χ1) is 35.6. The molecule has 0 saturated carbocycles. The summed E-state index contributed by atoms with van der Waals surface area (Å²) in [5.74, 6) is -13.6. The molecule has 1 aromatic carbocycles. The summed E-state index contributed by atoms with van der Waals surface area (Å²) >= 11 is 0. The summed E-state index contributed by atoms with van der Waals surface area (Å²) in [5, 5.41) is 48.6. The summed E-state index contributed by atoms with van der Waals surface area (Å²) in [5.41, 5.74) is 3.94. The molecular formula is C50H71N9O15S. The number of H-pyrrole nitrogens is 1. The highest BCUT2D eigenvalue weighted by molar-refractivity contribution is 7.85. The van der Waals surface area contributed by atoms with Crippen molar-refractivity contribution in [1.82, 2.24) is 41.8 Å². The minimum Gasteiger partial charge on any atom is -0.465 e. The molecule has 4 aliphatic rings. The minimum atomic E-state index is -2.32. The Morgan fingerprint density at radius 1 is 0.907 bits per heavy atom. The summed E-state index contributed by atoms with van der Waals surface area (Å²) < 4.78 is 21.9. The molecule has 25 heteroatoms. The van der Waals surface area contributed by atoms with Gasteiger partial charge in [0, 0.05) is 74.9 Å². The fourth-order valence-corrected chi connectivity index (χ4v) is 11.9. The SMILES string of the molecule is CC[C@H](C)[C@@H]1NC(=O)CNC(=O)C2CC(=O)[C@H]([C@@H](C)[C@@H](O)CO)NC(=O)[C@@H]3CC(O)CN3C3(CCCCCCNC(C)=O)Oc4ccc5c(c([nH]c5c4)[S@](=O)CC(NC(=O)CNC1=O)C(=O)C[C@@H](CC(N)=O)C3=O)C2. The zero-order valence-electron chi connectivity index (χ0n) is 42.7. The van der Waals surface area contributed by atoms with Gasteiger partial charge in [-0.25, -0.2) is 4.90 Å². The van der Waals surface area contributed by atoms with Crippen molar-refractivity contribution < 1.29 is 72.2 Å². The molecule has 6 rings (SSSR count). The number of nitrogens with two attached hydrogens (primary N) is 1. The summed E-state index contributed by atoms with van der Waals surface area (Å²) in [6.45, 7) is 3.89. The number of unbranched alkanes of at least 4 members (excludes halogenated alkanes) is 3. The molecule has 412 valence electrons. The summed E-state index contributed by atoms with van der Waals surface area (Å²) in [6, 6.07) is -1.51. The predicted molar refractivity (Wildman–Crippen MR) is 268 cm³/mol. The van der Waals surface area contributed by atoms with Crippen LogP contribution in [0.2, 0.25) is 0 Å². The largest absolute Gasteiger partial charge is 0.465 e. The molecule has 1 aromatic heterocycles. The highest BCUT2D eigenvalue weighted by Crippen LogP contribution is 2.41. The van der Waals surface area contributed by atoms with Crippen LogP contribution in [0.3, 0.4) is 0 Å². The van der Waals surface area contributed by atoms with E-state index in [4.69, 9.17) is 10.5 Å². The van der Waals surface area contributed by atoms with Crippen LogP contribution in [0.25, 0.3) is 10.9 Å². The lowest BCUT2D eigenvalue weighted by Gasteiger charge is -2.45. The van der Waals surface area contributed by atoms with Crippen molar-refractivity contribution in [2.75, 3.05) is 38.5 Å². The zero-order chi connectivity index (χ0) is 54.9. The second kappa shape index (κ2) is 25.6. The number of carbonyl (C=O) groups excluding carboxylic acids is 10. The van der Waals surface area contributed by atoms with Gasteiger partial charge >= 0.3 is 0 Å². The van der Waals surface area contributed by atoms with Gasteiger partial charge in [-0.1, -0.05) is 40.0 Å². The van der Waals surface area contributed by atoms with E-state index in [0.29, 0.717) is 37.6 Å². The lowest BCUT2D eigenvalue weighted by Crippen LogP contribution is -2.65. The number of Topliss-reactive ketones (excluding diaryl/α,β-unsaturated/α-hetero) is 3. The van der Waals surface area contributed by atoms with Crippen molar-refractivity contribution in [2.45, 2.75) is 145 Å².